The number of rotatable bonds is 11. The van der Waals surface area contributed by atoms with Crippen LogP contribution in [0, 0.1) is 0 Å². The maximum absolute atomic E-state index is 6.99. The number of fused-ring (bicyclic) bond motifs is 10. The van der Waals surface area contributed by atoms with Gasteiger partial charge in [-0.2, -0.15) is 0 Å². The monoisotopic (exact) mass is 728 g/mol. The van der Waals surface area contributed by atoms with Gasteiger partial charge in [-0.05, 0) is 131 Å². The first-order valence-corrected chi connectivity index (χ1v) is 21.1. The molecule has 0 amide bonds. The Hall–Kier alpha value is -5.74. The highest BCUT2D eigenvalue weighted by Gasteiger charge is 2.46. The van der Waals surface area contributed by atoms with Crippen LogP contribution in [0.2, 0.25) is 0 Å². The van der Waals surface area contributed by atoms with E-state index in [-0.39, 0.29) is 6.85 Å². The van der Waals surface area contributed by atoms with Crippen molar-refractivity contribution in [3.05, 3.63) is 150 Å². The number of aryl methyl sites for hydroxylation is 3. The van der Waals surface area contributed by atoms with Crippen molar-refractivity contribution in [3.8, 4) is 11.1 Å². The van der Waals surface area contributed by atoms with Crippen LogP contribution in [0.5, 0.6) is 0 Å². The molecule has 0 saturated carbocycles. The molecule has 10 rings (SSSR count). The van der Waals surface area contributed by atoms with E-state index in [4.69, 9.17) is 4.42 Å². The number of furan rings is 1. The number of hydrogen-bond donors (Lipinski definition) is 0. The number of para-hydroxylation sites is 1. The highest BCUT2D eigenvalue weighted by atomic mass is 16.3. The zero-order valence-electron chi connectivity index (χ0n) is 32.9. The van der Waals surface area contributed by atoms with Gasteiger partial charge in [0.05, 0.1) is 5.69 Å². The van der Waals surface area contributed by atoms with E-state index in [1.165, 1.54) is 111 Å². The van der Waals surface area contributed by atoms with Crippen molar-refractivity contribution in [2.24, 2.45) is 0 Å². The molecule has 276 valence electrons. The third kappa shape index (κ3) is 5.64. The fourth-order valence-electron chi connectivity index (χ4n) is 9.51. The second-order valence-electron chi connectivity index (χ2n) is 16.0. The van der Waals surface area contributed by atoms with E-state index in [0.717, 1.165) is 46.9 Å². The van der Waals surface area contributed by atoms with E-state index < -0.39 is 0 Å². The van der Waals surface area contributed by atoms with Crippen molar-refractivity contribution in [1.82, 2.24) is 0 Å². The predicted molar refractivity (Wildman–Crippen MR) is 241 cm³/mol. The summed E-state index contributed by atoms with van der Waals surface area (Å²) in [5, 5.41) is 4.84. The van der Waals surface area contributed by atoms with Crippen LogP contribution in [0.1, 0.15) is 76.0 Å². The van der Waals surface area contributed by atoms with Gasteiger partial charge in [0, 0.05) is 39.1 Å². The van der Waals surface area contributed by atoms with Gasteiger partial charge in [-0.1, -0.05) is 125 Å². The van der Waals surface area contributed by atoms with Gasteiger partial charge in [-0.25, -0.2) is 0 Å². The van der Waals surface area contributed by atoms with Crippen molar-refractivity contribution in [3.63, 3.8) is 0 Å². The van der Waals surface area contributed by atoms with Gasteiger partial charge in [-0.3, -0.25) is 0 Å². The highest BCUT2D eigenvalue weighted by molar-refractivity contribution is 6.94. The second-order valence-corrected chi connectivity index (χ2v) is 16.0. The lowest BCUT2D eigenvalue weighted by atomic mass is 9.43. The molecule has 3 nitrogen and oxygen atoms in total. The Balaban J connectivity index is 1.31. The molecule has 1 aromatic heterocycles. The summed E-state index contributed by atoms with van der Waals surface area (Å²) < 4.78 is 6.99. The summed E-state index contributed by atoms with van der Waals surface area (Å²) in [5.41, 5.74) is 17.3. The molecule has 0 unspecified atom stereocenters. The maximum Gasteiger partial charge on any atom is 0.333 e. The average Bonchev–Trinajstić information content (AvgIpc) is 3.63. The summed E-state index contributed by atoms with van der Waals surface area (Å²) >= 11 is 0. The van der Waals surface area contributed by atoms with Crippen LogP contribution in [0.15, 0.2) is 138 Å². The smallest absolute Gasteiger partial charge is 0.333 e. The number of benzene rings is 7. The molecule has 56 heavy (non-hydrogen) atoms. The van der Waals surface area contributed by atoms with Crippen LogP contribution in [-0.2, 0) is 19.3 Å². The predicted octanol–water partition coefficient (Wildman–Crippen LogP) is 13.5. The van der Waals surface area contributed by atoms with E-state index in [9.17, 15) is 0 Å². The highest BCUT2D eigenvalue weighted by Crippen LogP contribution is 2.52. The van der Waals surface area contributed by atoms with Crippen molar-refractivity contribution in [2.75, 3.05) is 9.71 Å². The molecule has 0 aliphatic carbocycles. The molecule has 4 heteroatoms. The summed E-state index contributed by atoms with van der Waals surface area (Å²) in [5.74, 6) is 0. The number of anilines is 5. The summed E-state index contributed by atoms with van der Waals surface area (Å²) in [4.78, 5) is 5.19. The normalized spacial score (nSPS) is 13.1. The minimum absolute atomic E-state index is 0.0749. The molecule has 8 aromatic rings. The van der Waals surface area contributed by atoms with Gasteiger partial charge >= 0.3 is 6.85 Å². The first kappa shape index (κ1) is 34.7. The van der Waals surface area contributed by atoms with Crippen LogP contribution in [-0.4, -0.2) is 6.85 Å². The molecule has 0 fully saturated rings. The van der Waals surface area contributed by atoms with Crippen LogP contribution in [0.25, 0.3) is 43.8 Å². The molecule has 0 radical (unpaired) electrons. The average molecular weight is 729 g/mol. The van der Waals surface area contributed by atoms with Crippen molar-refractivity contribution in [1.29, 1.82) is 0 Å². The van der Waals surface area contributed by atoms with Gasteiger partial charge in [0.2, 0.25) is 0 Å². The van der Waals surface area contributed by atoms with Crippen LogP contribution >= 0.6 is 0 Å². The third-order valence-electron chi connectivity index (χ3n) is 12.4. The van der Waals surface area contributed by atoms with Crippen molar-refractivity contribution >= 4 is 78.9 Å². The van der Waals surface area contributed by atoms with E-state index >= 15 is 0 Å². The van der Waals surface area contributed by atoms with Crippen LogP contribution in [0.4, 0.5) is 28.4 Å². The first-order chi connectivity index (χ1) is 27.7. The summed E-state index contributed by atoms with van der Waals surface area (Å²) in [6.07, 6.45) is 10.4. The molecule has 0 atom stereocenters. The molecule has 7 aromatic carbocycles. The fraction of sp³-hybridized carbons (Fsp3) is 0.231. The molecule has 3 heterocycles. The van der Waals surface area contributed by atoms with Gasteiger partial charge < -0.3 is 14.1 Å². The number of unbranched alkanes of at least 4 members (excludes halogenated alkanes) is 3. The quantitative estimate of drug-likeness (QED) is 0.124. The Labute approximate surface area is 331 Å². The molecule has 0 saturated heterocycles. The minimum atomic E-state index is -0.0749. The largest absolute Gasteiger partial charge is 0.454 e. The maximum atomic E-state index is 6.99. The lowest BCUT2D eigenvalue weighted by Crippen LogP contribution is -2.61. The van der Waals surface area contributed by atoms with Gasteiger partial charge in [-0.15, -0.1) is 0 Å². The minimum Gasteiger partial charge on any atom is -0.454 e. The first-order valence-electron chi connectivity index (χ1n) is 21.1. The Bertz CT molecular complexity index is 2730. The van der Waals surface area contributed by atoms with Gasteiger partial charge in [0.1, 0.15) is 5.58 Å². The van der Waals surface area contributed by atoms with E-state index in [1.54, 1.807) is 0 Å². The molecular weight excluding hydrogens is 679 g/mol. The zero-order chi connectivity index (χ0) is 37.8. The summed E-state index contributed by atoms with van der Waals surface area (Å²) in [6.45, 7) is 6.76. The molecular formula is C52H49BN2O. The van der Waals surface area contributed by atoms with Crippen molar-refractivity contribution in [2.45, 2.75) is 78.6 Å². The lowest BCUT2D eigenvalue weighted by molar-refractivity contribution is 0.669. The number of nitrogens with zero attached hydrogens (tertiary/aromatic N) is 2. The van der Waals surface area contributed by atoms with E-state index in [1.807, 2.05) is 0 Å². The standard InChI is InChI=1S/C52H49BN2O/c1-4-7-14-35-21-26-39(27-22-35)54-46-32-25-37(16-9-6-3)33-45(46)53-50-47(54)34-38-17-10-11-18-41(38)49(50)44-31-30-43-42-19-12-13-20-48(42)56-52(43)51(44)55(53)40-28-23-36(24-29-40)15-8-5-2/h10-13,17-34H,4-9,14-16H2,1-3H3. The van der Waals surface area contributed by atoms with Gasteiger partial charge in [0.25, 0.3) is 0 Å². The second kappa shape index (κ2) is 14.4. The Kier molecular flexibility index (Phi) is 8.93. The van der Waals surface area contributed by atoms with Crippen LogP contribution < -0.4 is 20.6 Å². The molecule has 0 spiro atoms. The Morgan fingerprint density at radius 2 is 1.16 bits per heavy atom. The lowest BCUT2D eigenvalue weighted by Gasteiger charge is -2.46. The van der Waals surface area contributed by atoms with Crippen molar-refractivity contribution < 1.29 is 4.42 Å². The van der Waals surface area contributed by atoms with E-state index in [0.29, 0.717) is 0 Å². The topological polar surface area (TPSA) is 19.6 Å². The Morgan fingerprint density at radius 3 is 1.88 bits per heavy atom. The Morgan fingerprint density at radius 1 is 0.536 bits per heavy atom. The fourth-order valence-corrected chi connectivity index (χ4v) is 9.51. The molecule has 0 N–H and O–H groups in total. The van der Waals surface area contributed by atoms with Gasteiger partial charge in [0.15, 0.2) is 5.58 Å². The molecule has 0 bridgehead atoms. The zero-order valence-corrected chi connectivity index (χ0v) is 32.9. The van der Waals surface area contributed by atoms with E-state index in [2.05, 4.69) is 164 Å². The third-order valence-corrected chi connectivity index (χ3v) is 12.4. The molecule has 2 aliphatic rings. The summed E-state index contributed by atoms with van der Waals surface area (Å²) in [6, 6.07) is 50.8. The number of hydrogen-bond acceptors (Lipinski definition) is 3. The molecule has 2 aliphatic heterocycles. The SMILES string of the molecule is CCCCc1ccc(N2B3c4cc(CCCC)ccc4N(c4ccc(CCCC)cc4)c4cc5ccccc5c(c43)-c3ccc4c(oc5ccccc54)c32)cc1. The van der Waals surface area contributed by atoms with Crippen LogP contribution in [0.3, 0.4) is 0 Å². The summed E-state index contributed by atoms with van der Waals surface area (Å²) in [7, 11) is 0.